The van der Waals surface area contributed by atoms with E-state index >= 15 is 0 Å². The van der Waals surface area contributed by atoms with Gasteiger partial charge in [0.1, 0.15) is 0 Å². The predicted molar refractivity (Wildman–Crippen MR) is 74.1 cm³/mol. The zero-order valence-electron chi connectivity index (χ0n) is 10.4. The zero-order chi connectivity index (χ0) is 13.7. The van der Waals surface area contributed by atoms with Crippen LogP contribution in [0.1, 0.15) is 12.8 Å². The van der Waals surface area contributed by atoms with Crippen LogP contribution in [0.5, 0.6) is 0 Å². The monoisotopic (exact) mass is 281 g/mol. The molecule has 0 saturated carbocycles. The van der Waals surface area contributed by atoms with Crippen LogP contribution in [0.3, 0.4) is 0 Å². The third-order valence-electron chi connectivity index (χ3n) is 2.98. The lowest BCUT2D eigenvalue weighted by molar-refractivity contribution is -0.136. The van der Waals surface area contributed by atoms with Crippen LogP contribution in [-0.2, 0) is 9.59 Å². The molecule has 19 heavy (non-hydrogen) atoms. The number of carbonyl (C=O) groups excluding carboxylic acids is 2. The Morgan fingerprint density at radius 1 is 1.11 bits per heavy atom. The number of benzene rings is 1. The van der Waals surface area contributed by atoms with Crippen LogP contribution in [0.2, 0.25) is 5.02 Å². The Morgan fingerprint density at radius 2 is 1.74 bits per heavy atom. The summed E-state index contributed by atoms with van der Waals surface area (Å²) in [5, 5.41) is 9.05. The Bertz CT molecular complexity index is 455. The Labute approximate surface area is 116 Å². The summed E-state index contributed by atoms with van der Waals surface area (Å²) in [6.45, 7) is 1.73. The molecule has 1 heterocycles. The van der Waals surface area contributed by atoms with E-state index in [9.17, 15) is 9.59 Å². The third-order valence-corrected chi connectivity index (χ3v) is 3.23. The molecular formula is C13H16ClN3O2. The van der Waals surface area contributed by atoms with E-state index in [2.05, 4.69) is 16.0 Å². The second kappa shape index (κ2) is 6.54. The van der Waals surface area contributed by atoms with Crippen molar-refractivity contribution in [2.24, 2.45) is 0 Å². The van der Waals surface area contributed by atoms with E-state index in [0.717, 1.165) is 25.9 Å². The van der Waals surface area contributed by atoms with Gasteiger partial charge in [0.25, 0.3) is 0 Å². The lowest BCUT2D eigenvalue weighted by Gasteiger charge is -2.23. The van der Waals surface area contributed by atoms with Gasteiger partial charge in [-0.25, -0.2) is 0 Å². The fourth-order valence-electron chi connectivity index (χ4n) is 1.94. The molecule has 5 nitrogen and oxygen atoms in total. The summed E-state index contributed by atoms with van der Waals surface area (Å²) in [5.41, 5.74) is 0.551. The largest absolute Gasteiger partial charge is 0.345 e. The molecule has 0 aromatic heterocycles. The lowest BCUT2D eigenvalue weighted by atomic mass is 10.1. The second-order valence-electron chi connectivity index (χ2n) is 4.46. The van der Waals surface area contributed by atoms with Gasteiger partial charge in [-0.05, 0) is 50.2 Å². The number of amides is 2. The molecule has 6 heteroatoms. The molecule has 1 aromatic rings. The molecule has 2 amide bonds. The molecule has 1 aromatic carbocycles. The van der Waals surface area contributed by atoms with Gasteiger partial charge in [-0.15, -0.1) is 0 Å². The van der Waals surface area contributed by atoms with Crippen molar-refractivity contribution in [3.63, 3.8) is 0 Å². The molecule has 1 fully saturated rings. The van der Waals surface area contributed by atoms with Crippen molar-refractivity contribution in [3.05, 3.63) is 29.3 Å². The van der Waals surface area contributed by atoms with E-state index < -0.39 is 11.8 Å². The standard InChI is InChI=1S/C13H16ClN3O2/c14-9-1-3-10(4-2-9)16-12(18)13(19)17-11-5-7-15-8-6-11/h1-4,11,15H,5-8H2,(H,16,18)(H,17,19). The number of anilines is 1. The van der Waals surface area contributed by atoms with Crippen LogP contribution in [0.15, 0.2) is 24.3 Å². The van der Waals surface area contributed by atoms with Crippen LogP contribution in [0.25, 0.3) is 0 Å². The zero-order valence-corrected chi connectivity index (χ0v) is 11.2. The van der Waals surface area contributed by atoms with Crippen LogP contribution in [0.4, 0.5) is 5.69 Å². The quantitative estimate of drug-likeness (QED) is 0.712. The first-order valence-corrected chi connectivity index (χ1v) is 6.61. The highest BCUT2D eigenvalue weighted by atomic mass is 35.5. The van der Waals surface area contributed by atoms with Gasteiger partial charge in [0.2, 0.25) is 0 Å². The van der Waals surface area contributed by atoms with E-state index in [1.165, 1.54) is 0 Å². The summed E-state index contributed by atoms with van der Waals surface area (Å²) in [4.78, 5) is 23.4. The fraction of sp³-hybridized carbons (Fsp3) is 0.385. The topological polar surface area (TPSA) is 70.2 Å². The van der Waals surface area contributed by atoms with Crippen LogP contribution >= 0.6 is 11.6 Å². The van der Waals surface area contributed by atoms with E-state index in [-0.39, 0.29) is 6.04 Å². The second-order valence-corrected chi connectivity index (χ2v) is 4.90. The lowest BCUT2D eigenvalue weighted by Crippen LogP contribution is -2.46. The maximum atomic E-state index is 11.7. The molecule has 2 rings (SSSR count). The van der Waals surface area contributed by atoms with Crippen molar-refractivity contribution in [1.82, 2.24) is 10.6 Å². The minimum Gasteiger partial charge on any atom is -0.345 e. The average molecular weight is 282 g/mol. The molecule has 3 N–H and O–H groups in total. The molecule has 0 aliphatic carbocycles. The summed E-state index contributed by atoms with van der Waals surface area (Å²) in [7, 11) is 0. The van der Waals surface area contributed by atoms with Crippen molar-refractivity contribution in [2.45, 2.75) is 18.9 Å². The number of hydrogen-bond donors (Lipinski definition) is 3. The Hall–Kier alpha value is -1.59. The molecule has 0 bridgehead atoms. The average Bonchev–Trinajstić information content (AvgIpc) is 2.42. The molecule has 1 saturated heterocycles. The van der Waals surface area contributed by atoms with Crippen LogP contribution < -0.4 is 16.0 Å². The fourth-order valence-corrected chi connectivity index (χ4v) is 2.06. The summed E-state index contributed by atoms with van der Waals surface area (Å²) < 4.78 is 0. The van der Waals surface area contributed by atoms with Gasteiger partial charge in [-0.3, -0.25) is 9.59 Å². The summed E-state index contributed by atoms with van der Waals surface area (Å²) in [5.74, 6) is -1.25. The van der Waals surface area contributed by atoms with Gasteiger partial charge in [0.15, 0.2) is 0 Å². The van der Waals surface area contributed by atoms with Crippen LogP contribution in [-0.4, -0.2) is 30.9 Å². The summed E-state index contributed by atoms with van der Waals surface area (Å²) in [6, 6.07) is 6.68. The van der Waals surface area contributed by atoms with E-state index in [4.69, 9.17) is 11.6 Å². The van der Waals surface area contributed by atoms with Gasteiger partial charge in [0, 0.05) is 16.8 Å². The van der Waals surface area contributed by atoms with E-state index in [1.54, 1.807) is 24.3 Å². The minimum absolute atomic E-state index is 0.0738. The van der Waals surface area contributed by atoms with E-state index in [0.29, 0.717) is 10.7 Å². The number of hydrogen-bond acceptors (Lipinski definition) is 3. The van der Waals surface area contributed by atoms with Crippen molar-refractivity contribution < 1.29 is 9.59 Å². The SMILES string of the molecule is O=C(Nc1ccc(Cl)cc1)C(=O)NC1CCNCC1. The molecule has 102 valence electrons. The van der Waals surface area contributed by atoms with Gasteiger partial charge in [0.05, 0.1) is 0 Å². The molecular weight excluding hydrogens is 266 g/mol. The number of piperidine rings is 1. The molecule has 0 unspecified atom stereocenters. The first-order valence-electron chi connectivity index (χ1n) is 6.23. The Morgan fingerprint density at radius 3 is 2.37 bits per heavy atom. The number of halogens is 1. The molecule has 0 spiro atoms. The summed E-state index contributed by atoms with van der Waals surface area (Å²) in [6.07, 6.45) is 1.69. The van der Waals surface area contributed by atoms with Crippen molar-refractivity contribution >= 4 is 29.1 Å². The first-order chi connectivity index (χ1) is 9.15. The minimum atomic E-state index is -0.652. The van der Waals surface area contributed by atoms with Gasteiger partial charge < -0.3 is 16.0 Å². The highest BCUT2D eigenvalue weighted by Crippen LogP contribution is 2.13. The Kier molecular flexibility index (Phi) is 4.76. The van der Waals surface area contributed by atoms with E-state index in [1.807, 2.05) is 0 Å². The number of nitrogens with one attached hydrogen (secondary N) is 3. The van der Waals surface area contributed by atoms with Gasteiger partial charge >= 0.3 is 11.8 Å². The molecule has 0 radical (unpaired) electrons. The normalized spacial score (nSPS) is 15.8. The molecule has 0 atom stereocenters. The van der Waals surface area contributed by atoms with Gasteiger partial charge in [-0.2, -0.15) is 0 Å². The predicted octanol–water partition coefficient (Wildman–Crippen LogP) is 1.15. The van der Waals surface area contributed by atoms with Crippen molar-refractivity contribution in [3.8, 4) is 0 Å². The van der Waals surface area contributed by atoms with Gasteiger partial charge in [-0.1, -0.05) is 11.6 Å². The highest BCUT2D eigenvalue weighted by Gasteiger charge is 2.20. The van der Waals surface area contributed by atoms with Crippen molar-refractivity contribution in [2.75, 3.05) is 18.4 Å². The smallest absolute Gasteiger partial charge is 0.313 e. The molecule has 1 aliphatic heterocycles. The highest BCUT2D eigenvalue weighted by molar-refractivity contribution is 6.39. The Balaban J connectivity index is 1.84. The molecule has 1 aliphatic rings. The summed E-state index contributed by atoms with van der Waals surface area (Å²) >= 11 is 5.74. The van der Waals surface area contributed by atoms with Crippen molar-refractivity contribution in [1.29, 1.82) is 0 Å². The first kappa shape index (κ1) is 13.8. The van der Waals surface area contributed by atoms with Crippen LogP contribution in [0, 0.1) is 0 Å². The third kappa shape index (κ3) is 4.22. The number of rotatable bonds is 2. The maximum absolute atomic E-state index is 11.7. The number of carbonyl (C=O) groups is 2. The maximum Gasteiger partial charge on any atom is 0.313 e.